The molecule has 1 aromatic carbocycles. The summed E-state index contributed by atoms with van der Waals surface area (Å²) in [6.45, 7) is 2.61. The second kappa shape index (κ2) is 7.11. The minimum absolute atomic E-state index is 0.0978. The van der Waals surface area contributed by atoms with Gasteiger partial charge in [-0.05, 0) is 25.0 Å². The molecule has 0 heterocycles. The summed E-state index contributed by atoms with van der Waals surface area (Å²) >= 11 is 0. The van der Waals surface area contributed by atoms with Crippen LogP contribution in [0.5, 0.6) is 0 Å². The van der Waals surface area contributed by atoms with E-state index in [9.17, 15) is 9.18 Å². The molecule has 1 unspecified atom stereocenters. The van der Waals surface area contributed by atoms with E-state index in [1.807, 2.05) is 13.0 Å². The van der Waals surface area contributed by atoms with E-state index in [0.717, 1.165) is 0 Å². The number of nitrogens with zero attached hydrogens (tertiary/aromatic N) is 1. The number of amides is 1. The summed E-state index contributed by atoms with van der Waals surface area (Å²) in [4.78, 5) is 12.9. The Balaban J connectivity index is 2.32. The molecular weight excluding hydrogens is 231 g/mol. The SMILES string of the molecule is CC(Cc1ccccc1F)NCCC(=O)N(C)C. The predicted octanol–water partition coefficient (Wildman–Crippen LogP) is 1.82. The van der Waals surface area contributed by atoms with Crippen molar-refractivity contribution in [3.8, 4) is 0 Å². The van der Waals surface area contributed by atoms with Crippen LogP contribution in [0.15, 0.2) is 24.3 Å². The Morgan fingerprint density at radius 2 is 2.06 bits per heavy atom. The molecule has 0 aliphatic rings. The third kappa shape index (κ3) is 4.84. The third-order valence-corrected chi connectivity index (χ3v) is 2.81. The van der Waals surface area contributed by atoms with E-state index in [-0.39, 0.29) is 17.8 Å². The molecule has 18 heavy (non-hydrogen) atoms. The maximum atomic E-state index is 13.4. The van der Waals surface area contributed by atoms with E-state index in [1.54, 1.807) is 31.1 Å². The molecule has 1 atom stereocenters. The van der Waals surface area contributed by atoms with Gasteiger partial charge in [-0.3, -0.25) is 4.79 Å². The van der Waals surface area contributed by atoms with Crippen LogP contribution < -0.4 is 5.32 Å². The lowest BCUT2D eigenvalue weighted by Gasteiger charge is -2.15. The summed E-state index contributed by atoms with van der Waals surface area (Å²) in [5, 5.41) is 3.23. The molecule has 1 rings (SSSR count). The topological polar surface area (TPSA) is 32.3 Å². The largest absolute Gasteiger partial charge is 0.349 e. The lowest BCUT2D eigenvalue weighted by Crippen LogP contribution is -2.32. The maximum absolute atomic E-state index is 13.4. The van der Waals surface area contributed by atoms with Crippen LogP contribution in [0.4, 0.5) is 4.39 Å². The fourth-order valence-electron chi connectivity index (χ4n) is 1.72. The molecule has 0 aliphatic heterocycles. The van der Waals surface area contributed by atoms with Crippen molar-refractivity contribution in [2.75, 3.05) is 20.6 Å². The number of hydrogen-bond acceptors (Lipinski definition) is 2. The van der Waals surface area contributed by atoms with Gasteiger partial charge in [-0.2, -0.15) is 0 Å². The van der Waals surface area contributed by atoms with Crippen molar-refractivity contribution in [1.82, 2.24) is 10.2 Å². The summed E-state index contributed by atoms with van der Waals surface area (Å²) in [6.07, 6.45) is 1.09. The van der Waals surface area contributed by atoms with Crippen LogP contribution in [0.2, 0.25) is 0 Å². The van der Waals surface area contributed by atoms with Crippen LogP contribution in [0.3, 0.4) is 0 Å². The highest BCUT2D eigenvalue weighted by Gasteiger charge is 2.08. The molecule has 1 amide bonds. The highest BCUT2D eigenvalue weighted by molar-refractivity contribution is 5.75. The molecule has 0 radical (unpaired) electrons. The fourth-order valence-corrected chi connectivity index (χ4v) is 1.72. The Morgan fingerprint density at radius 3 is 2.67 bits per heavy atom. The summed E-state index contributed by atoms with van der Waals surface area (Å²) in [6, 6.07) is 6.93. The molecule has 0 spiro atoms. The average molecular weight is 252 g/mol. The maximum Gasteiger partial charge on any atom is 0.223 e. The summed E-state index contributed by atoms with van der Waals surface area (Å²) in [5.41, 5.74) is 0.705. The monoisotopic (exact) mass is 252 g/mol. The van der Waals surface area contributed by atoms with E-state index in [0.29, 0.717) is 24.9 Å². The number of rotatable bonds is 6. The fraction of sp³-hybridized carbons (Fsp3) is 0.500. The van der Waals surface area contributed by atoms with Gasteiger partial charge in [-0.1, -0.05) is 18.2 Å². The highest BCUT2D eigenvalue weighted by Crippen LogP contribution is 2.08. The molecule has 0 aliphatic carbocycles. The average Bonchev–Trinajstić information content (AvgIpc) is 2.32. The van der Waals surface area contributed by atoms with Gasteiger partial charge in [0.15, 0.2) is 0 Å². The molecule has 0 bridgehead atoms. The molecule has 1 aromatic rings. The van der Waals surface area contributed by atoms with Crippen molar-refractivity contribution in [3.63, 3.8) is 0 Å². The Kier molecular flexibility index (Phi) is 5.78. The first-order valence-corrected chi connectivity index (χ1v) is 6.17. The first kappa shape index (κ1) is 14.6. The van der Waals surface area contributed by atoms with Gasteiger partial charge in [0.1, 0.15) is 5.82 Å². The normalized spacial score (nSPS) is 12.2. The predicted molar refractivity (Wildman–Crippen MR) is 70.9 cm³/mol. The van der Waals surface area contributed by atoms with E-state index in [2.05, 4.69) is 5.32 Å². The molecule has 0 aromatic heterocycles. The summed E-state index contributed by atoms with van der Waals surface area (Å²) in [7, 11) is 3.48. The number of carbonyl (C=O) groups is 1. The van der Waals surface area contributed by atoms with Crippen molar-refractivity contribution in [2.24, 2.45) is 0 Å². The number of halogens is 1. The number of hydrogen-bond donors (Lipinski definition) is 1. The lowest BCUT2D eigenvalue weighted by atomic mass is 10.1. The number of carbonyl (C=O) groups excluding carboxylic acids is 1. The Labute approximate surface area is 108 Å². The van der Waals surface area contributed by atoms with Crippen LogP contribution >= 0.6 is 0 Å². The van der Waals surface area contributed by atoms with Crippen molar-refractivity contribution in [1.29, 1.82) is 0 Å². The minimum Gasteiger partial charge on any atom is -0.349 e. The molecule has 3 nitrogen and oxygen atoms in total. The first-order chi connectivity index (χ1) is 8.50. The second-order valence-electron chi connectivity index (χ2n) is 4.69. The minimum atomic E-state index is -0.171. The summed E-state index contributed by atoms with van der Waals surface area (Å²) < 4.78 is 13.4. The van der Waals surface area contributed by atoms with Crippen molar-refractivity contribution >= 4 is 5.91 Å². The van der Waals surface area contributed by atoms with Crippen LogP contribution in [0.25, 0.3) is 0 Å². The van der Waals surface area contributed by atoms with E-state index >= 15 is 0 Å². The van der Waals surface area contributed by atoms with Gasteiger partial charge in [0, 0.05) is 33.1 Å². The van der Waals surface area contributed by atoms with Crippen LogP contribution in [0.1, 0.15) is 18.9 Å². The zero-order chi connectivity index (χ0) is 13.5. The molecule has 0 saturated heterocycles. The Bertz CT molecular complexity index is 393. The summed E-state index contributed by atoms with van der Waals surface area (Å²) in [5.74, 6) is -0.0730. The van der Waals surface area contributed by atoms with Crippen molar-refractivity contribution < 1.29 is 9.18 Å². The van der Waals surface area contributed by atoms with E-state index in [4.69, 9.17) is 0 Å². The van der Waals surface area contributed by atoms with Crippen molar-refractivity contribution in [3.05, 3.63) is 35.6 Å². The second-order valence-corrected chi connectivity index (χ2v) is 4.69. The number of nitrogens with one attached hydrogen (secondary N) is 1. The number of benzene rings is 1. The molecule has 1 N–H and O–H groups in total. The van der Waals surface area contributed by atoms with E-state index < -0.39 is 0 Å². The zero-order valence-corrected chi connectivity index (χ0v) is 11.2. The molecule has 0 fully saturated rings. The zero-order valence-electron chi connectivity index (χ0n) is 11.2. The van der Waals surface area contributed by atoms with Crippen molar-refractivity contribution in [2.45, 2.75) is 25.8 Å². The quantitative estimate of drug-likeness (QED) is 0.837. The molecule has 4 heteroatoms. The van der Waals surface area contributed by atoms with Gasteiger partial charge in [0.05, 0.1) is 0 Å². The van der Waals surface area contributed by atoms with Crippen LogP contribution in [-0.2, 0) is 11.2 Å². The highest BCUT2D eigenvalue weighted by atomic mass is 19.1. The van der Waals surface area contributed by atoms with Crippen LogP contribution in [0, 0.1) is 5.82 Å². The van der Waals surface area contributed by atoms with Crippen LogP contribution in [-0.4, -0.2) is 37.5 Å². The standard InChI is InChI=1S/C14H21FN2O/c1-11(16-9-8-14(18)17(2)3)10-12-6-4-5-7-13(12)15/h4-7,11,16H,8-10H2,1-3H3. The molecule has 0 saturated carbocycles. The van der Waals surface area contributed by atoms with Gasteiger partial charge >= 0.3 is 0 Å². The van der Waals surface area contributed by atoms with Gasteiger partial charge in [-0.15, -0.1) is 0 Å². The smallest absolute Gasteiger partial charge is 0.223 e. The van der Waals surface area contributed by atoms with Gasteiger partial charge in [-0.25, -0.2) is 4.39 Å². The van der Waals surface area contributed by atoms with Gasteiger partial charge < -0.3 is 10.2 Å². The Morgan fingerprint density at radius 1 is 1.39 bits per heavy atom. The van der Waals surface area contributed by atoms with Gasteiger partial charge in [0.25, 0.3) is 0 Å². The van der Waals surface area contributed by atoms with E-state index in [1.165, 1.54) is 6.07 Å². The lowest BCUT2D eigenvalue weighted by molar-refractivity contribution is -0.128. The van der Waals surface area contributed by atoms with Gasteiger partial charge in [0.2, 0.25) is 5.91 Å². The third-order valence-electron chi connectivity index (χ3n) is 2.81. The molecule has 100 valence electrons. The first-order valence-electron chi connectivity index (χ1n) is 6.17. The molecular formula is C14H21FN2O. The Hall–Kier alpha value is -1.42.